The lowest BCUT2D eigenvalue weighted by Gasteiger charge is -2.19. The summed E-state index contributed by atoms with van der Waals surface area (Å²) in [5.41, 5.74) is 2.00. The van der Waals surface area contributed by atoms with E-state index >= 15 is 0 Å². The summed E-state index contributed by atoms with van der Waals surface area (Å²) >= 11 is 0. The Kier molecular flexibility index (Phi) is 4.21. The second-order valence-corrected chi connectivity index (χ2v) is 8.56. The Hall–Kier alpha value is -1.99. The third-order valence-corrected chi connectivity index (χ3v) is 6.30. The first-order chi connectivity index (χ1) is 12.0. The number of sulfonamides is 1. The molecule has 1 aliphatic carbocycles. The van der Waals surface area contributed by atoms with Crippen molar-refractivity contribution in [1.29, 1.82) is 0 Å². The molecular formula is C18H21N3O3S. The maximum absolute atomic E-state index is 12.8. The summed E-state index contributed by atoms with van der Waals surface area (Å²) in [6.07, 6.45) is 5.32. The zero-order valence-electron chi connectivity index (χ0n) is 14.1. The summed E-state index contributed by atoms with van der Waals surface area (Å²) in [7, 11) is -3.54. The fourth-order valence-corrected chi connectivity index (χ4v) is 4.52. The lowest BCUT2D eigenvalue weighted by atomic mass is 10.2. The predicted molar refractivity (Wildman–Crippen MR) is 94.1 cm³/mol. The molecule has 4 rings (SSSR count). The van der Waals surface area contributed by atoms with E-state index in [0.29, 0.717) is 24.8 Å². The minimum Gasteiger partial charge on any atom is -0.338 e. The predicted octanol–water partition coefficient (Wildman–Crippen LogP) is 3.39. The minimum absolute atomic E-state index is 0.354. The van der Waals surface area contributed by atoms with Gasteiger partial charge in [0.1, 0.15) is 6.04 Å². The van der Waals surface area contributed by atoms with Gasteiger partial charge in [0.15, 0.2) is 5.82 Å². The van der Waals surface area contributed by atoms with E-state index in [-0.39, 0.29) is 6.04 Å². The van der Waals surface area contributed by atoms with Crippen LogP contribution < -0.4 is 0 Å². The highest BCUT2D eigenvalue weighted by molar-refractivity contribution is 7.92. The number of aryl methyl sites for hydroxylation is 1. The molecule has 0 spiro atoms. The molecule has 1 aromatic heterocycles. The van der Waals surface area contributed by atoms with Gasteiger partial charge in [-0.1, -0.05) is 35.0 Å². The molecule has 132 valence electrons. The van der Waals surface area contributed by atoms with Gasteiger partial charge < -0.3 is 4.52 Å². The highest BCUT2D eigenvalue weighted by Gasteiger charge is 2.38. The molecule has 2 fully saturated rings. The van der Waals surface area contributed by atoms with E-state index in [1.807, 2.05) is 31.2 Å². The van der Waals surface area contributed by atoms with Crippen LogP contribution in [-0.4, -0.2) is 29.4 Å². The van der Waals surface area contributed by atoms with Gasteiger partial charge in [0, 0.05) is 17.9 Å². The first-order valence-electron chi connectivity index (χ1n) is 8.63. The van der Waals surface area contributed by atoms with Crippen molar-refractivity contribution < 1.29 is 12.9 Å². The van der Waals surface area contributed by atoms with Crippen LogP contribution in [0.5, 0.6) is 0 Å². The fourth-order valence-electron chi connectivity index (χ4n) is 3.10. The molecule has 0 radical (unpaired) electrons. The smallest absolute Gasteiger partial charge is 0.245 e. The van der Waals surface area contributed by atoms with Crippen molar-refractivity contribution >= 4 is 16.1 Å². The average molecular weight is 359 g/mol. The van der Waals surface area contributed by atoms with Gasteiger partial charge in [-0.3, -0.25) is 0 Å². The zero-order valence-corrected chi connectivity index (χ0v) is 14.9. The molecule has 1 saturated heterocycles. The van der Waals surface area contributed by atoms with Gasteiger partial charge in [0.25, 0.3) is 0 Å². The highest BCUT2D eigenvalue weighted by Crippen LogP contribution is 2.40. The van der Waals surface area contributed by atoms with Crippen LogP contribution in [-0.2, 0) is 10.0 Å². The molecule has 2 heterocycles. The van der Waals surface area contributed by atoms with Crippen molar-refractivity contribution in [2.75, 3.05) is 6.54 Å². The van der Waals surface area contributed by atoms with Gasteiger partial charge in [-0.15, -0.1) is 0 Å². The largest absolute Gasteiger partial charge is 0.338 e. The molecule has 25 heavy (non-hydrogen) atoms. The van der Waals surface area contributed by atoms with Crippen LogP contribution >= 0.6 is 0 Å². The molecule has 0 N–H and O–H groups in total. The summed E-state index contributed by atoms with van der Waals surface area (Å²) in [5, 5.41) is 5.29. The molecule has 7 heteroatoms. The first-order valence-corrected chi connectivity index (χ1v) is 10.1. The molecule has 2 aliphatic rings. The number of hydrogen-bond donors (Lipinski definition) is 0. The summed E-state index contributed by atoms with van der Waals surface area (Å²) in [6, 6.07) is 7.38. The van der Waals surface area contributed by atoms with E-state index in [1.165, 1.54) is 9.71 Å². The number of nitrogens with zero attached hydrogens (tertiary/aromatic N) is 3. The van der Waals surface area contributed by atoms with Gasteiger partial charge in [-0.25, -0.2) is 8.42 Å². The maximum atomic E-state index is 12.8. The molecule has 1 saturated carbocycles. The minimum atomic E-state index is -3.54. The number of aromatic nitrogens is 2. The van der Waals surface area contributed by atoms with Gasteiger partial charge in [0.2, 0.25) is 15.9 Å². The van der Waals surface area contributed by atoms with Crippen molar-refractivity contribution in [3.8, 4) is 0 Å². The third kappa shape index (κ3) is 3.52. The molecule has 0 bridgehead atoms. The van der Waals surface area contributed by atoms with Crippen molar-refractivity contribution in [1.82, 2.24) is 14.4 Å². The molecule has 1 aliphatic heterocycles. The topological polar surface area (TPSA) is 76.3 Å². The van der Waals surface area contributed by atoms with Crippen molar-refractivity contribution in [2.24, 2.45) is 0 Å². The summed E-state index contributed by atoms with van der Waals surface area (Å²) in [5.74, 6) is 1.53. The monoisotopic (exact) mass is 359 g/mol. The van der Waals surface area contributed by atoms with E-state index in [0.717, 1.165) is 36.2 Å². The molecule has 1 aromatic carbocycles. The van der Waals surface area contributed by atoms with E-state index in [1.54, 1.807) is 6.08 Å². The van der Waals surface area contributed by atoms with E-state index in [2.05, 4.69) is 10.1 Å². The Balaban J connectivity index is 1.54. The van der Waals surface area contributed by atoms with E-state index in [9.17, 15) is 8.42 Å². The van der Waals surface area contributed by atoms with E-state index < -0.39 is 10.0 Å². The van der Waals surface area contributed by atoms with Crippen LogP contribution in [0.25, 0.3) is 6.08 Å². The van der Waals surface area contributed by atoms with Gasteiger partial charge in [0.05, 0.1) is 0 Å². The van der Waals surface area contributed by atoms with E-state index in [4.69, 9.17) is 4.52 Å². The molecule has 1 unspecified atom stereocenters. The average Bonchev–Trinajstić information content (AvgIpc) is 3.12. The van der Waals surface area contributed by atoms with Crippen LogP contribution in [0.4, 0.5) is 0 Å². The second-order valence-electron chi connectivity index (χ2n) is 6.79. The van der Waals surface area contributed by atoms with Crippen LogP contribution in [0, 0.1) is 6.92 Å². The highest BCUT2D eigenvalue weighted by atomic mass is 32.2. The second kappa shape index (κ2) is 6.38. The molecule has 1 atom stereocenters. The molecular weight excluding hydrogens is 338 g/mol. The van der Waals surface area contributed by atoms with Crippen LogP contribution in [0.15, 0.2) is 34.2 Å². The van der Waals surface area contributed by atoms with Crippen molar-refractivity contribution in [2.45, 2.75) is 44.6 Å². The van der Waals surface area contributed by atoms with Gasteiger partial charge >= 0.3 is 0 Å². The maximum Gasteiger partial charge on any atom is 0.245 e. The Bertz CT molecular complexity index is 883. The summed E-state index contributed by atoms with van der Waals surface area (Å²) in [4.78, 5) is 4.44. The van der Waals surface area contributed by atoms with Crippen LogP contribution in [0.3, 0.4) is 0 Å². The number of benzene rings is 1. The Morgan fingerprint density at radius 1 is 1.20 bits per heavy atom. The van der Waals surface area contributed by atoms with Crippen molar-refractivity contribution in [3.05, 3.63) is 52.5 Å². The Morgan fingerprint density at radius 3 is 2.68 bits per heavy atom. The quantitative estimate of drug-likeness (QED) is 0.818. The zero-order chi connectivity index (χ0) is 17.4. The third-order valence-electron chi connectivity index (χ3n) is 4.73. The SMILES string of the molecule is Cc1ccc(/C=C/S(=O)(=O)N2CCCC2c2nc(C3CC3)no2)cc1. The van der Waals surface area contributed by atoms with Gasteiger partial charge in [-0.2, -0.15) is 9.29 Å². The molecule has 6 nitrogen and oxygen atoms in total. The number of rotatable bonds is 5. The normalized spacial score (nSPS) is 22.0. The lowest BCUT2D eigenvalue weighted by molar-refractivity contribution is 0.291. The number of hydrogen-bond acceptors (Lipinski definition) is 5. The lowest BCUT2D eigenvalue weighted by Crippen LogP contribution is -2.29. The molecule has 2 aromatic rings. The fraction of sp³-hybridized carbons (Fsp3) is 0.444. The Morgan fingerprint density at radius 2 is 1.96 bits per heavy atom. The Labute approximate surface area is 147 Å². The first kappa shape index (κ1) is 16.5. The van der Waals surface area contributed by atoms with Crippen LogP contribution in [0.1, 0.15) is 60.5 Å². The summed E-state index contributed by atoms with van der Waals surface area (Å²) in [6.45, 7) is 2.48. The van der Waals surface area contributed by atoms with Crippen molar-refractivity contribution in [3.63, 3.8) is 0 Å². The standard InChI is InChI=1S/C18H21N3O3S/c1-13-4-6-14(7-5-13)10-12-25(22,23)21-11-2-3-16(21)18-19-17(20-24-18)15-8-9-15/h4-7,10,12,15-16H,2-3,8-9,11H2,1H3/b12-10+. The molecule has 0 amide bonds. The summed E-state index contributed by atoms with van der Waals surface area (Å²) < 4.78 is 32.4. The van der Waals surface area contributed by atoms with Crippen LogP contribution in [0.2, 0.25) is 0 Å². The van der Waals surface area contributed by atoms with Gasteiger partial charge in [-0.05, 0) is 44.2 Å².